The Morgan fingerprint density at radius 1 is 0.778 bits per heavy atom. The Kier molecular flexibility index (Phi) is 11.2. The highest BCUT2D eigenvalue weighted by Crippen LogP contribution is 2.41. The van der Waals surface area contributed by atoms with Gasteiger partial charge in [-0.3, -0.25) is 4.79 Å². The second-order valence-corrected chi connectivity index (χ2v) is 10.2. The molecular formula is C32H47N2O2+. The van der Waals surface area contributed by atoms with Crippen molar-refractivity contribution in [2.75, 3.05) is 31.1 Å². The number of hydrogen-bond donors (Lipinski definition) is 1. The Hall–Kier alpha value is -2.46. The van der Waals surface area contributed by atoms with Crippen molar-refractivity contribution in [3.8, 4) is 0 Å². The summed E-state index contributed by atoms with van der Waals surface area (Å²) in [6, 6.07) is 8.31. The molecule has 1 aromatic carbocycles. The van der Waals surface area contributed by atoms with Crippen LogP contribution in [-0.4, -0.2) is 53.5 Å². The van der Waals surface area contributed by atoms with Crippen LogP contribution in [0.4, 0.5) is 5.69 Å². The minimum atomic E-state index is -0.748. The molecule has 36 heavy (non-hydrogen) atoms. The molecule has 0 spiro atoms. The highest BCUT2D eigenvalue weighted by Gasteiger charge is 2.46. The van der Waals surface area contributed by atoms with Gasteiger partial charge in [-0.25, -0.2) is 4.58 Å². The predicted octanol–water partition coefficient (Wildman–Crippen LogP) is 6.60. The lowest BCUT2D eigenvalue weighted by Crippen LogP contribution is -2.43. The monoisotopic (exact) mass is 491 g/mol. The first-order chi connectivity index (χ1) is 17.5. The first-order valence-corrected chi connectivity index (χ1v) is 14.3. The number of hydrogen-bond acceptors (Lipinski definition) is 3. The van der Waals surface area contributed by atoms with Crippen molar-refractivity contribution in [2.45, 2.75) is 91.1 Å². The van der Waals surface area contributed by atoms with Gasteiger partial charge in [0.1, 0.15) is 13.1 Å². The van der Waals surface area contributed by atoms with Gasteiger partial charge in [-0.1, -0.05) is 65.5 Å². The maximum absolute atomic E-state index is 13.2. The summed E-state index contributed by atoms with van der Waals surface area (Å²) in [7, 11) is 0. The quantitative estimate of drug-likeness (QED) is 0.236. The van der Waals surface area contributed by atoms with E-state index in [9.17, 15) is 9.90 Å². The molecule has 3 rings (SSSR count). The highest BCUT2D eigenvalue weighted by molar-refractivity contribution is 6.12. The standard InChI is InChI=1S/C32H47N2O2/c1-5-9-21-33(22-10-6-2)27-17-13-25(14-18-27)29-31(35)30(32(29)36)26-15-19-28(20-16-26)34(23-11-7-3)24-12-8-4/h13-20,29,31,35H,5-12,21-24H2,1-4H3/q+1. The van der Waals surface area contributed by atoms with Crippen LogP contribution in [0.2, 0.25) is 0 Å². The molecule has 0 heterocycles. The zero-order valence-corrected chi connectivity index (χ0v) is 23.0. The van der Waals surface area contributed by atoms with Gasteiger partial charge in [0.2, 0.25) is 0 Å². The van der Waals surface area contributed by atoms with Gasteiger partial charge < -0.3 is 10.0 Å². The maximum Gasteiger partial charge on any atom is 0.199 e. The van der Waals surface area contributed by atoms with E-state index in [1.165, 1.54) is 62.8 Å². The van der Waals surface area contributed by atoms with Crippen LogP contribution < -0.4 is 4.90 Å². The van der Waals surface area contributed by atoms with Crippen molar-refractivity contribution >= 4 is 17.2 Å². The van der Waals surface area contributed by atoms with Crippen LogP contribution in [0, 0.1) is 0 Å². The van der Waals surface area contributed by atoms with E-state index in [0.717, 1.165) is 37.3 Å². The summed E-state index contributed by atoms with van der Waals surface area (Å²) < 4.78 is 2.44. The third-order valence-electron chi connectivity index (χ3n) is 7.45. The zero-order chi connectivity index (χ0) is 25.9. The van der Waals surface area contributed by atoms with Gasteiger partial charge in [0.15, 0.2) is 11.5 Å². The van der Waals surface area contributed by atoms with Crippen LogP contribution in [0.1, 0.15) is 90.5 Å². The second-order valence-electron chi connectivity index (χ2n) is 10.2. The summed E-state index contributed by atoms with van der Waals surface area (Å²) in [6.45, 7) is 13.1. The fourth-order valence-electron chi connectivity index (χ4n) is 5.05. The van der Waals surface area contributed by atoms with Crippen molar-refractivity contribution in [3.05, 3.63) is 65.3 Å². The van der Waals surface area contributed by atoms with Crippen LogP contribution in [0.3, 0.4) is 0 Å². The molecule has 4 nitrogen and oxygen atoms in total. The molecule has 1 N–H and O–H groups in total. The van der Waals surface area contributed by atoms with Gasteiger partial charge in [-0.05, 0) is 48.3 Å². The predicted molar refractivity (Wildman–Crippen MR) is 152 cm³/mol. The number of carbonyl (C=O) groups is 1. The van der Waals surface area contributed by atoms with Crippen LogP contribution >= 0.6 is 0 Å². The number of ketones is 1. The first-order valence-electron chi connectivity index (χ1n) is 14.3. The van der Waals surface area contributed by atoms with E-state index in [2.05, 4.69) is 61.5 Å². The molecule has 1 aromatic rings. The lowest BCUT2D eigenvalue weighted by molar-refractivity contribution is -0.527. The van der Waals surface area contributed by atoms with Crippen LogP contribution in [0.15, 0.2) is 59.7 Å². The Labute approximate surface area is 219 Å². The van der Waals surface area contributed by atoms with Crippen molar-refractivity contribution in [2.24, 2.45) is 0 Å². The Balaban J connectivity index is 1.72. The molecule has 2 unspecified atom stereocenters. The van der Waals surface area contributed by atoms with E-state index in [-0.39, 0.29) is 5.78 Å². The number of unbranched alkanes of at least 4 members (excludes halogenated alkanes) is 4. The molecule has 0 bridgehead atoms. The summed E-state index contributed by atoms with van der Waals surface area (Å²) >= 11 is 0. The first kappa shape index (κ1) is 28.1. The Bertz CT molecular complexity index is 948. The number of benzene rings is 1. The van der Waals surface area contributed by atoms with Gasteiger partial charge in [0.05, 0.1) is 12.0 Å². The number of aliphatic hydroxyl groups excluding tert-OH is 1. The van der Waals surface area contributed by atoms with E-state index in [4.69, 9.17) is 0 Å². The van der Waals surface area contributed by atoms with Crippen LogP contribution in [0.5, 0.6) is 0 Å². The maximum atomic E-state index is 13.2. The summed E-state index contributed by atoms with van der Waals surface area (Å²) in [6.07, 6.45) is 16.9. The van der Waals surface area contributed by atoms with Gasteiger partial charge >= 0.3 is 0 Å². The molecule has 0 aromatic heterocycles. The molecule has 1 saturated carbocycles. The number of allylic oxidation sites excluding steroid dienone is 5. The number of carbonyl (C=O) groups excluding carboxylic acids is 1. The van der Waals surface area contributed by atoms with Crippen molar-refractivity contribution in [1.29, 1.82) is 0 Å². The Morgan fingerprint density at radius 3 is 1.78 bits per heavy atom. The zero-order valence-electron chi connectivity index (χ0n) is 23.0. The molecule has 0 amide bonds. The van der Waals surface area contributed by atoms with E-state index >= 15 is 0 Å². The van der Waals surface area contributed by atoms with Crippen molar-refractivity contribution < 1.29 is 14.5 Å². The lowest BCUT2D eigenvalue weighted by atomic mass is 9.69. The molecule has 1 fully saturated rings. The van der Waals surface area contributed by atoms with E-state index in [0.29, 0.717) is 5.57 Å². The Morgan fingerprint density at radius 2 is 1.31 bits per heavy atom. The summed E-state index contributed by atoms with van der Waals surface area (Å²) in [4.78, 5) is 15.6. The van der Waals surface area contributed by atoms with E-state index < -0.39 is 12.0 Å². The molecule has 2 atom stereocenters. The van der Waals surface area contributed by atoms with Crippen LogP contribution in [-0.2, 0) is 4.79 Å². The van der Waals surface area contributed by atoms with Crippen molar-refractivity contribution in [1.82, 2.24) is 0 Å². The molecule has 0 radical (unpaired) electrons. The van der Waals surface area contributed by atoms with Crippen molar-refractivity contribution in [3.63, 3.8) is 0 Å². The van der Waals surface area contributed by atoms with Gasteiger partial charge in [0, 0.05) is 49.3 Å². The summed E-state index contributed by atoms with van der Waals surface area (Å²) in [5.74, 6) is -0.412. The number of Topliss-reactive ketones (excluding diaryl/α,β-unsaturated/α-hetero) is 1. The molecule has 0 saturated heterocycles. The number of nitrogens with zero attached hydrogens (tertiary/aromatic N) is 2. The van der Waals surface area contributed by atoms with Crippen LogP contribution in [0.25, 0.3) is 0 Å². The molecule has 4 heteroatoms. The van der Waals surface area contributed by atoms with Gasteiger partial charge in [-0.2, -0.15) is 0 Å². The molecule has 2 aliphatic rings. The SMILES string of the molecule is CCCCN(CCCC)c1ccc(C2C(=O)C(=C3C=CC(=[N+](CCCC)CCCC)C=C3)C2O)cc1. The molecular weight excluding hydrogens is 444 g/mol. The number of anilines is 1. The normalized spacial score (nSPS) is 19.1. The smallest absolute Gasteiger partial charge is 0.199 e. The molecule has 0 aliphatic heterocycles. The number of aliphatic hydroxyl groups is 1. The third-order valence-corrected chi connectivity index (χ3v) is 7.45. The minimum absolute atomic E-state index is 0.0469. The fourth-order valence-corrected chi connectivity index (χ4v) is 5.05. The third kappa shape index (κ3) is 6.85. The van der Waals surface area contributed by atoms with Gasteiger partial charge in [0.25, 0.3) is 0 Å². The molecule has 2 aliphatic carbocycles. The van der Waals surface area contributed by atoms with E-state index in [1.54, 1.807) is 0 Å². The summed E-state index contributed by atoms with van der Waals surface area (Å²) in [5.41, 5.74) is 4.72. The van der Waals surface area contributed by atoms with Gasteiger partial charge in [-0.15, -0.1) is 0 Å². The lowest BCUT2D eigenvalue weighted by Gasteiger charge is -2.36. The average molecular weight is 492 g/mol. The minimum Gasteiger partial charge on any atom is -0.387 e. The van der Waals surface area contributed by atoms with E-state index in [1.807, 2.05) is 24.3 Å². The molecule has 196 valence electrons. The summed E-state index contributed by atoms with van der Waals surface area (Å²) in [5, 5.41) is 11.0. The topological polar surface area (TPSA) is 43.5 Å². The fraction of sp³-hybridized carbons (Fsp3) is 0.562. The number of rotatable bonds is 14. The average Bonchev–Trinajstić information content (AvgIpc) is 2.90. The largest absolute Gasteiger partial charge is 0.387 e. The second kappa shape index (κ2) is 14.3. The highest BCUT2D eigenvalue weighted by atomic mass is 16.3.